The molecule has 5 nitrogen and oxygen atoms in total. The van der Waals surface area contributed by atoms with Gasteiger partial charge >= 0.3 is 0 Å². The van der Waals surface area contributed by atoms with Crippen LogP contribution in [0.5, 0.6) is 5.75 Å². The lowest BCUT2D eigenvalue weighted by Gasteiger charge is -2.37. The van der Waals surface area contributed by atoms with Crippen LogP contribution in [-0.4, -0.2) is 62.1 Å². The minimum Gasteiger partial charge on any atom is -0.497 e. The number of nitrogens with zero attached hydrogens (tertiary/aromatic N) is 2. The number of carbonyl (C=O) groups is 1. The van der Waals surface area contributed by atoms with Crippen molar-refractivity contribution in [1.29, 1.82) is 0 Å². The van der Waals surface area contributed by atoms with Crippen LogP contribution in [0.1, 0.15) is 31.7 Å². The summed E-state index contributed by atoms with van der Waals surface area (Å²) in [7, 11) is 3.83. The SMILES string of the molecule is COc1cccc(COC(C)C(=O)N2CCC3(CCN(C)CC3)C2)c1. The molecule has 2 aliphatic rings. The zero-order valence-electron chi connectivity index (χ0n) is 15.7. The fraction of sp³-hybridized carbons (Fsp3) is 0.650. The second-order valence-electron chi connectivity index (χ2n) is 7.62. The molecule has 2 saturated heterocycles. The molecule has 2 fully saturated rings. The molecule has 2 aliphatic heterocycles. The maximum atomic E-state index is 12.7. The zero-order chi connectivity index (χ0) is 17.9. The largest absolute Gasteiger partial charge is 0.497 e. The Morgan fingerprint density at radius 2 is 1.96 bits per heavy atom. The van der Waals surface area contributed by atoms with E-state index in [9.17, 15) is 4.79 Å². The van der Waals surface area contributed by atoms with E-state index in [0.717, 1.165) is 43.9 Å². The van der Waals surface area contributed by atoms with Crippen molar-refractivity contribution in [2.45, 2.75) is 38.9 Å². The maximum absolute atomic E-state index is 12.7. The Hall–Kier alpha value is -1.59. The van der Waals surface area contributed by atoms with Crippen LogP contribution in [0, 0.1) is 5.41 Å². The van der Waals surface area contributed by atoms with Crippen molar-refractivity contribution < 1.29 is 14.3 Å². The lowest BCUT2D eigenvalue weighted by atomic mass is 9.78. The molecule has 1 unspecified atom stereocenters. The molecule has 25 heavy (non-hydrogen) atoms. The molecule has 0 aliphatic carbocycles. The third-order valence-electron chi connectivity index (χ3n) is 5.78. The van der Waals surface area contributed by atoms with Gasteiger partial charge in [0, 0.05) is 13.1 Å². The van der Waals surface area contributed by atoms with Gasteiger partial charge < -0.3 is 19.3 Å². The molecule has 2 heterocycles. The summed E-state index contributed by atoms with van der Waals surface area (Å²) in [5.74, 6) is 0.933. The number of hydrogen-bond acceptors (Lipinski definition) is 4. The van der Waals surface area contributed by atoms with Gasteiger partial charge in [0.25, 0.3) is 5.91 Å². The van der Waals surface area contributed by atoms with Gasteiger partial charge in [-0.15, -0.1) is 0 Å². The van der Waals surface area contributed by atoms with Gasteiger partial charge in [-0.25, -0.2) is 0 Å². The van der Waals surface area contributed by atoms with E-state index in [2.05, 4.69) is 11.9 Å². The molecule has 1 aromatic carbocycles. The van der Waals surface area contributed by atoms with E-state index in [-0.39, 0.29) is 5.91 Å². The summed E-state index contributed by atoms with van der Waals surface area (Å²) < 4.78 is 11.1. The van der Waals surface area contributed by atoms with E-state index in [4.69, 9.17) is 9.47 Å². The molecule has 138 valence electrons. The monoisotopic (exact) mass is 346 g/mol. The fourth-order valence-electron chi connectivity index (χ4n) is 3.94. The fourth-order valence-corrected chi connectivity index (χ4v) is 3.94. The number of methoxy groups -OCH3 is 1. The summed E-state index contributed by atoms with van der Waals surface area (Å²) in [6, 6.07) is 7.78. The predicted molar refractivity (Wildman–Crippen MR) is 97.6 cm³/mol. The van der Waals surface area contributed by atoms with Crippen LogP contribution in [0.25, 0.3) is 0 Å². The van der Waals surface area contributed by atoms with Gasteiger partial charge in [-0.2, -0.15) is 0 Å². The zero-order valence-corrected chi connectivity index (χ0v) is 15.7. The summed E-state index contributed by atoms with van der Waals surface area (Å²) >= 11 is 0. The first-order chi connectivity index (χ1) is 12.0. The molecule has 1 aromatic rings. The van der Waals surface area contributed by atoms with Crippen LogP contribution in [0.2, 0.25) is 0 Å². The van der Waals surface area contributed by atoms with Crippen LogP contribution in [0.15, 0.2) is 24.3 Å². The molecule has 5 heteroatoms. The second-order valence-corrected chi connectivity index (χ2v) is 7.62. The number of rotatable bonds is 5. The van der Waals surface area contributed by atoms with Crippen molar-refractivity contribution in [2.75, 3.05) is 40.3 Å². The number of benzene rings is 1. The molecule has 3 rings (SSSR count). The quantitative estimate of drug-likeness (QED) is 0.822. The van der Waals surface area contributed by atoms with Gasteiger partial charge in [-0.05, 0) is 69.4 Å². The minimum absolute atomic E-state index is 0.124. The van der Waals surface area contributed by atoms with E-state index in [1.165, 1.54) is 12.8 Å². The number of ether oxygens (including phenoxy) is 2. The van der Waals surface area contributed by atoms with Gasteiger partial charge in [-0.3, -0.25) is 4.79 Å². The highest BCUT2D eigenvalue weighted by atomic mass is 16.5. The summed E-state index contributed by atoms with van der Waals surface area (Å²) in [6.07, 6.45) is 3.13. The summed E-state index contributed by atoms with van der Waals surface area (Å²) in [5, 5.41) is 0. The molecule has 0 saturated carbocycles. The summed E-state index contributed by atoms with van der Waals surface area (Å²) in [4.78, 5) is 17.1. The number of piperidine rings is 1. The maximum Gasteiger partial charge on any atom is 0.251 e. The normalized spacial score (nSPS) is 21.5. The smallest absolute Gasteiger partial charge is 0.251 e. The Labute approximate surface area is 150 Å². The predicted octanol–water partition coefficient (Wildman–Crippen LogP) is 2.54. The van der Waals surface area contributed by atoms with Crippen LogP contribution in [0.4, 0.5) is 0 Å². The van der Waals surface area contributed by atoms with Crippen LogP contribution in [0.3, 0.4) is 0 Å². The van der Waals surface area contributed by atoms with E-state index in [1.807, 2.05) is 36.1 Å². The standard InChI is InChI=1S/C20H30N2O3/c1-16(25-14-17-5-4-6-18(13-17)24-3)19(23)22-12-9-20(15-22)7-10-21(2)11-8-20/h4-6,13,16H,7-12,14-15H2,1-3H3. The summed E-state index contributed by atoms with van der Waals surface area (Å²) in [6.45, 7) is 6.34. The average Bonchev–Trinajstić information content (AvgIpc) is 3.06. The number of amides is 1. The van der Waals surface area contributed by atoms with E-state index < -0.39 is 6.10 Å². The van der Waals surface area contributed by atoms with Crippen molar-refractivity contribution in [1.82, 2.24) is 9.80 Å². The highest BCUT2D eigenvalue weighted by Gasteiger charge is 2.42. The highest BCUT2D eigenvalue weighted by molar-refractivity contribution is 5.80. The number of likely N-dealkylation sites (tertiary alicyclic amines) is 2. The van der Waals surface area contributed by atoms with Crippen molar-refractivity contribution in [3.05, 3.63) is 29.8 Å². The van der Waals surface area contributed by atoms with Crippen LogP contribution >= 0.6 is 0 Å². The lowest BCUT2D eigenvalue weighted by Crippen LogP contribution is -2.42. The Kier molecular flexibility index (Phi) is 5.64. The Morgan fingerprint density at radius 1 is 1.24 bits per heavy atom. The molecular formula is C20H30N2O3. The molecule has 0 aromatic heterocycles. The second kappa shape index (κ2) is 7.75. The van der Waals surface area contributed by atoms with Crippen LogP contribution in [-0.2, 0) is 16.1 Å². The summed E-state index contributed by atoms with van der Waals surface area (Å²) in [5.41, 5.74) is 1.36. The van der Waals surface area contributed by atoms with Gasteiger partial charge in [0.15, 0.2) is 0 Å². The molecule has 0 bridgehead atoms. The Balaban J connectivity index is 1.51. The van der Waals surface area contributed by atoms with Crippen molar-refractivity contribution >= 4 is 5.91 Å². The minimum atomic E-state index is -0.410. The Morgan fingerprint density at radius 3 is 2.68 bits per heavy atom. The van der Waals surface area contributed by atoms with Gasteiger partial charge in [0.05, 0.1) is 13.7 Å². The van der Waals surface area contributed by atoms with Gasteiger partial charge in [0.2, 0.25) is 0 Å². The highest BCUT2D eigenvalue weighted by Crippen LogP contribution is 2.40. The van der Waals surface area contributed by atoms with E-state index >= 15 is 0 Å². The number of hydrogen-bond donors (Lipinski definition) is 0. The topological polar surface area (TPSA) is 42.0 Å². The van der Waals surface area contributed by atoms with Gasteiger partial charge in [-0.1, -0.05) is 12.1 Å². The first kappa shape index (κ1) is 18.2. The average molecular weight is 346 g/mol. The molecule has 0 radical (unpaired) electrons. The molecule has 1 atom stereocenters. The van der Waals surface area contributed by atoms with Gasteiger partial charge in [0.1, 0.15) is 11.9 Å². The van der Waals surface area contributed by atoms with E-state index in [0.29, 0.717) is 12.0 Å². The molecule has 1 amide bonds. The first-order valence-corrected chi connectivity index (χ1v) is 9.23. The Bertz CT molecular complexity index is 596. The number of carbonyl (C=O) groups excluding carboxylic acids is 1. The molecule has 0 N–H and O–H groups in total. The third kappa shape index (κ3) is 4.33. The lowest BCUT2D eigenvalue weighted by molar-refractivity contribution is -0.142. The molecule has 1 spiro atoms. The third-order valence-corrected chi connectivity index (χ3v) is 5.78. The first-order valence-electron chi connectivity index (χ1n) is 9.23. The van der Waals surface area contributed by atoms with Crippen molar-refractivity contribution in [3.63, 3.8) is 0 Å². The van der Waals surface area contributed by atoms with E-state index in [1.54, 1.807) is 7.11 Å². The van der Waals surface area contributed by atoms with Crippen LogP contribution < -0.4 is 4.74 Å². The van der Waals surface area contributed by atoms with Crippen molar-refractivity contribution in [2.24, 2.45) is 5.41 Å². The molecular weight excluding hydrogens is 316 g/mol. The van der Waals surface area contributed by atoms with Crippen molar-refractivity contribution in [3.8, 4) is 5.75 Å².